The van der Waals surface area contributed by atoms with Crippen LogP contribution in [0, 0.1) is 0 Å². The molecule has 0 aliphatic heterocycles. The molecule has 0 atom stereocenters. The average Bonchev–Trinajstić information content (AvgIpc) is 2.83. The molecule has 0 aliphatic carbocycles. The number of anilines is 1. The van der Waals surface area contributed by atoms with Crippen molar-refractivity contribution in [2.45, 2.75) is 6.92 Å². The minimum atomic E-state index is -0.395. The molecular weight excluding hydrogens is 264 g/mol. The predicted octanol–water partition coefficient (Wildman–Crippen LogP) is 3.59. The van der Waals surface area contributed by atoms with Gasteiger partial charge < -0.3 is 15.5 Å². The van der Waals surface area contributed by atoms with Crippen LogP contribution < -0.4 is 5.73 Å². The van der Waals surface area contributed by atoms with Crippen LogP contribution in [-0.4, -0.2) is 17.6 Å². The molecule has 0 saturated heterocycles. The molecule has 0 radical (unpaired) electrons. The Bertz CT molecular complexity index is 791. The first-order chi connectivity index (χ1) is 10.2. The number of hydrogen-bond acceptors (Lipinski definition) is 3. The Hall–Kier alpha value is -2.75. The Morgan fingerprint density at radius 2 is 1.90 bits per heavy atom. The summed E-state index contributed by atoms with van der Waals surface area (Å²) in [6, 6.07) is 15.9. The van der Waals surface area contributed by atoms with E-state index in [4.69, 9.17) is 10.5 Å². The lowest BCUT2D eigenvalue weighted by atomic mass is 10.0. The Kier molecular flexibility index (Phi) is 3.36. The zero-order valence-electron chi connectivity index (χ0n) is 11.7. The first-order valence-corrected chi connectivity index (χ1v) is 6.84. The number of aromatic amines is 1. The number of aromatic nitrogens is 1. The van der Waals surface area contributed by atoms with Crippen molar-refractivity contribution in [2.75, 3.05) is 12.3 Å². The third-order valence-electron chi connectivity index (χ3n) is 3.41. The highest BCUT2D eigenvalue weighted by Crippen LogP contribution is 2.29. The first-order valence-electron chi connectivity index (χ1n) is 6.84. The maximum Gasteiger partial charge on any atom is 0.342 e. The van der Waals surface area contributed by atoms with Crippen LogP contribution in [-0.2, 0) is 4.74 Å². The number of nitrogens with two attached hydrogens (primary N) is 1. The maximum atomic E-state index is 12.0. The largest absolute Gasteiger partial charge is 0.462 e. The van der Waals surface area contributed by atoms with Gasteiger partial charge >= 0.3 is 5.97 Å². The van der Waals surface area contributed by atoms with Gasteiger partial charge in [-0.3, -0.25) is 0 Å². The van der Waals surface area contributed by atoms with Crippen LogP contribution in [0.4, 0.5) is 5.82 Å². The zero-order chi connectivity index (χ0) is 14.8. The number of esters is 1. The van der Waals surface area contributed by atoms with Gasteiger partial charge in [0.2, 0.25) is 0 Å². The number of hydrogen-bond donors (Lipinski definition) is 2. The molecule has 0 bridgehead atoms. The molecule has 0 saturated carbocycles. The summed E-state index contributed by atoms with van der Waals surface area (Å²) in [5, 5.41) is 0.783. The molecule has 1 aromatic heterocycles. The molecule has 0 spiro atoms. The Morgan fingerprint density at radius 1 is 1.14 bits per heavy atom. The summed E-state index contributed by atoms with van der Waals surface area (Å²) in [5.41, 5.74) is 9.34. The number of ether oxygens (including phenoxy) is 1. The van der Waals surface area contributed by atoms with Gasteiger partial charge in [-0.15, -0.1) is 0 Å². The van der Waals surface area contributed by atoms with Gasteiger partial charge in [0.05, 0.1) is 6.61 Å². The van der Waals surface area contributed by atoms with E-state index in [0.717, 1.165) is 22.0 Å². The molecule has 0 fully saturated rings. The molecule has 2 aromatic carbocycles. The van der Waals surface area contributed by atoms with Gasteiger partial charge in [-0.1, -0.05) is 42.5 Å². The SMILES string of the molecule is CCOC(=O)c1c(N)[nH]c2cc(-c3ccccc3)ccc12. The fourth-order valence-corrected chi connectivity index (χ4v) is 2.45. The highest BCUT2D eigenvalue weighted by Gasteiger charge is 2.18. The summed E-state index contributed by atoms with van der Waals surface area (Å²) < 4.78 is 5.05. The number of H-pyrrole nitrogens is 1. The van der Waals surface area contributed by atoms with Crippen molar-refractivity contribution in [3.8, 4) is 11.1 Å². The summed E-state index contributed by atoms with van der Waals surface area (Å²) in [7, 11) is 0. The van der Waals surface area contributed by atoms with Crippen LogP contribution in [0.5, 0.6) is 0 Å². The monoisotopic (exact) mass is 280 g/mol. The van der Waals surface area contributed by atoms with E-state index in [9.17, 15) is 4.79 Å². The number of nitrogen functional groups attached to an aromatic ring is 1. The number of benzene rings is 2. The van der Waals surface area contributed by atoms with Crippen LogP contribution >= 0.6 is 0 Å². The number of carbonyl (C=O) groups excluding carboxylic acids is 1. The lowest BCUT2D eigenvalue weighted by Gasteiger charge is -2.03. The Morgan fingerprint density at radius 3 is 2.62 bits per heavy atom. The van der Waals surface area contributed by atoms with E-state index in [0.29, 0.717) is 18.0 Å². The molecule has 106 valence electrons. The summed E-state index contributed by atoms with van der Waals surface area (Å²) >= 11 is 0. The average molecular weight is 280 g/mol. The second-order valence-electron chi connectivity index (χ2n) is 4.76. The van der Waals surface area contributed by atoms with Gasteiger partial charge in [0.1, 0.15) is 11.4 Å². The van der Waals surface area contributed by atoms with Crippen molar-refractivity contribution in [2.24, 2.45) is 0 Å². The zero-order valence-corrected chi connectivity index (χ0v) is 11.7. The molecule has 0 aliphatic rings. The Balaban J connectivity index is 2.11. The minimum Gasteiger partial charge on any atom is -0.462 e. The molecule has 0 unspecified atom stereocenters. The van der Waals surface area contributed by atoms with E-state index in [1.165, 1.54) is 0 Å². The maximum absolute atomic E-state index is 12.0. The second-order valence-corrected chi connectivity index (χ2v) is 4.76. The summed E-state index contributed by atoms with van der Waals surface area (Å²) in [4.78, 5) is 15.0. The molecule has 21 heavy (non-hydrogen) atoms. The number of nitrogens with one attached hydrogen (secondary N) is 1. The van der Waals surface area contributed by atoms with Gasteiger partial charge in [0, 0.05) is 10.9 Å². The summed E-state index contributed by atoms with van der Waals surface area (Å²) in [6.07, 6.45) is 0. The van der Waals surface area contributed by atoms with Gasteiger partial charge in [-0.05, 0) is 24.1 Å². The van der Waals surface area contributed by atoms with Crippen LogP contribution in [0.3, 0.4) is 0 Å². The van der Waals surface area contributed by atoms with Crippen LogP contribution in [0.25, 0.3) is 22.0 Å². The number of carbonyl (C=O) groups is 1. The number of rotatable bonds is 3. The predicted molar refractivity (Wildman–Crippen MR) is 84.1 cm³/mol. The van der Waals surface area contributed by atoms with E-state index in [2.05, 4.69) is 4.98 Å². The second kappa shape index (κ2) is 5.32. The lowest BCUT2D eigenvalue weighted by molar-refractivity contribution is 0.0530. The summed E-state index contributed by atoms with van der Waals surface area (Å²) in [6.45, 7) is 2.10. The van der Waals surface area contributed by atoms with Crippen LogP contribution in [0.1, 0.15) is 17.3 Å². The summed E-state index contributed by atoms with van der Waals surface area (Å²) in [5.74, 6) is -0.0534. The van der Waals surface area contributed by atoms with Gasteiger partial charge in [-0.2, -0.15) is 0 Å². The van der Waals surface area contributed by atoms with Crippen LogP contribution in [0.15, 0.2) is 48.5 Å². The first kappa shape index (κ1) is 13.2. The fourth-order valence-electron chi connectivity index (χ4n) is 2.45. The van der Waals surface area contributed by atoms with Crippen molar-refractivity contribution >= 4 is 22.7 Å². The molecule has 3 aromatic rings. The highest BCUT2D eigenvalue weighted by molar-refractivity contribution is 6.09. The van der Waals surface area contributed by atoms with Crippen molar-refractivity contribution in [1.82, 2.24) is 4.98 Å². The third-order valence-corrected chi connectivity index (χ3v) is 3.41. The topological polar surface area (TPSA) is 68.1 Å². The van der Waals surface area contributed by atoms with Crippen molar-refractivity contribution in [1.29, 1.82) is 0 Å². The molecule has 1 heterocycles. The van der Waals surface area contributed by atoms with Gasteiger partial charge in [0.15, 0.2) is 0 Å². The molecule has 3 rings (SSSR count). The quantitative estimate of drug-likeness (QED) is 0.720. The van der Waals surface area contributed by atoms with Gasteiger partial charge in [-0.25, -0.2) is 4.79 Å². The van der Waals surface area contributed by atoms with E-state index >= 15 is 0 Å². The molecule has 4 nitrogen and oxygen atoms in total. The van der Waals surface area contributed by atoms with Crippen molar-refractivity contribution < 1.29 is 9.53 Å². The lowest BCUT2D eigenvalue weighted by Crippen LogP contribution is -2.06. The van der Waals surface area contributed by atoms with E-state index in [-0.39, 0.29) is 0 Å². The standard InChI is InChI=1S/C17H16N2O2/c1-2-21-17(20)15-13-9-8-12(10-14(13)19-16(15)18)11-6-4-3-5-7-11/h3-10,19H,2,18H2,1H3. The highest BCUT2D eigenvalue weighted by atomic mass is 16.5. The van der Waals surface area contributed by atoms with E-state index in [1.54, 1.807) is 6.92 Å². The molecule has 0 amide bonds. The van der Waals surface area contributed by atoms with Crippen molar-refractivity contribution in [3.63, 3.8) is 0 Å². The normalized spacial score (nSPS) is 10.7. The van der Waals surface area contributed by atoms with Crippen molar-refractivity contribution in [3.05, 3.63) is 54.1 Å². The molecular formula is C17H16N2O2. The molecule has 4 heteroatoms. The van der Waals surface area contributed by atoms with Gasteiger partial charge in [0.25, 0.3) is 0 Å². The molecule has 3 N–H and O–H groups in total. The van der Waals surface area contributed by atoms with E-state index in [1.807, 2.05) is 48.5 Å². The minimum absolute atomic E-state index is 0.326. The van der Waals surface area contributed by atoms with E-state index < -0.39 is 5.97 Å². The Labute approximate surface area is 122 Å². The third kappa shape index (κ3) is 2.36. The van der Waals surface area contributed by atoms with Crippen LogP contribution in [0.2, 0.25) is 0 Å². The number of fused-ring (bicyclic) bond motifs is 1. The fraction of sp³-hybridized carbons (Fsp3) is 0.118. The smallest absolute Gasteiger partial charge is 0.342 e.